The fraction of sp³-hybridized carbons (Fsp3) is 0.364. The lowest BCUT2D eigenvalue weighted by Gasteiger charge is -2.04. The molecule has 0 unspecified atom stereocenters. The van der Waals surface area contributed by atoms with Crippen molar-refractivity contribution in [2.24, 2.45) is 0 Å². The zero-order chi connectivity index (χ0) is 10.7. The van der Waals surface area contributed by atoms with Crippen LogP contribution < -0.4 is 10.1 Å². The highest BCUT2D eigenvalue weighted by Crippen LogP contribution is 2.26. The van der Waals surface area contributed by atoms with Gasteiger partial charge in [0.2, 0.25) is 0 Å². The van der Waals surface area contributed by atoms with Gasteiger partial charge in [-0.3, -0.25) is 0 Å². The Morgan fingerprint density at radius 2 is 2.40 bits per heavy atom. The summed E-state index contributed by atoms with van der Waals surface area (Å²) in [5.41, 5.74) is 2.34. The summed E-state index contributed by atoms with van der Waals surface area (Å²) in [5.74, 6) is 0.947. The fourth-order valence-corrected chi connectivity index (χ4v) is 1.68. The molecular weight excluding hydrogens is 194 g/mol. The van der Waals surface area contributed by atoms with Gasteiger partial charge in [-0.05, 0) is 23.6 Å². The Hall–Kier alpha value is -1.71. The molecule has 0 atom stereocenters. The molecule has 0 aliphatic carbocycles. The Bertz CT molecular complexity index is 376. The lowest BCUT2D eigenvalue weighted by atomic mass is 10.1. The van der Waals surface area contributed by atoms with Crippen molar-refractivity contribution in [3.8, 4) is 5.75 Å². The number of nitrogens with one attached hydrogen (secondary N) is 1. The van der Waals surface area contributed by atoms with Crippen molar-refractivity contribution in [2.45, 2.75) is 12.8 Å². The first-order valence-corrected chi connectivity index (χ1v) is 4.97. The molecule has 80 valence electrons. The molecule has 1 aromatic rings. The molecule has 1 heterocycles. The van der Waals surface area contributed by atoms with Gasteiger partial charge in [0.05, 0.1) is 6.61 Å². The zero-order valence-electron chi connectivity index (χ0n) is 8.32. The Morgan fingerprint density at radius 1 is 1.53 bits per heavy atom. The van der Waals surface area contributed by atoms with Crippen LogP contribution in [0.5, 0.6) is 5.75 Å². The summed E-state index contributed by atoms with van der Waals surface area (Å²) in [6.07, 6.45) is 0.693. The largest absolute Gasteiger partial charge is 0.493 e. The lowest BCUT2D eigenvalue weighted by Crippen LogP contribution is -2.23. The first kappa shape index (κ1) is 9.83. The van der Waals surface area contributed by atoms with Gasteiger partial charge in [-0.2, -0.15) is 0 Å². The SMILES string of the molecule is O=C(O)NCCc1ccc2c(c1)OCC2. The quantitative estimate of drug-likeness (QED) is 0.788. The number of amides is 1. The normalized spacial score (nSPS) is 13.1. The molecule has 1 aromatic carbocycles. The van der Waals surface area contributed by atoms with Crippen LogP contribution in [-0.2, 0) is 12.8 Å². The van der Waals surface area contributed by atoms with Gasteiger partial charge in [0, 0.05) is 13.0 Å². The minimum atomic E-state index is -0.979. The van der Waals surface area contributed by atoms with Crippen LogP contribution in [0.3, 0.4) is 0 Å². The van der Waals surface area contributed by atoms with Crippen LogP contribution >= 0.6 is 0 Å². The second-order valence-electron chi connectivity index (χ2n) is 3.52. The van der Waals surface area contributed by atoms with E-state index < -0.39 is 6.09 Å². The van der Waals surface area contributed by atoms with Crippen LogP contribution in [0.1, 0.15) is 11.1 Å². The fourth-order valence-electron chi connectivity index (χ4n) is 1.68. The van der Waals surface area contributed by atoms with E-state index in [2.05, 4.69) is 11.4 Å². The molecule has 0 spiro atoms. The number of rotatable bonds is 3. The van der Waals surface area contributed by atoms with Crippen molar-refractivity contribution in [3.05, 3.63) is 29.3 Å². The van der Waals surface area contributed by atoms with Gasteiger partial charge in [-0.25, -0.2) is 4.79 Å². The monoisotopic (exact) mass is 207 g/mol. The summed E-state index contributed by atoms with van der Waals surface area (Å²) in [7, 11) is 0. The summed E-state index contributed by atoms with van der Waals surface area (Å²) < 4.78 is 5.43. The number of carboxylic acid groups (broad SMARTS) is 1. The molecule has 1 aliphatic heterocycles. The maximum atomic E-state index is 10.2. The first-order chi connectivity index (χ1) is 7.25. The third-order valence-electron chi connectivity index (χ3n) is 2.45. The smallest absolute Gasteiger partial charge is 0.404 e. The third-order valence-corrected chi connectivity index (χ3v) is 2.45. The van der Waals surface area contributed by atoms with Crippen molar-refractivity contribution >= 4 is 6.09 Å². The van der Waals surface area contributed by atoms with Crippen LogP contribution in [0.2, 0.25) is 0 Å². The first-order valence-electron chi connectivity index (χ1n) is 4.97. The Labute approximate surface area is 87.9 Å². The van der Waals surface area contributed by atoms with Gasteiger partial charge in [-0.15, -0.1) is 0 Å². The van der Waals surface area contributed by atoms with Crippen molar-refractivity contribution in [3.63, 3.8) is 0 Å². The zero-order valence-corrected chi connectivity index (χ0v) is 8.32. The predicted molar refractivity (Wildman–Crippen MR) is 55.4 cm³/mol. The molecule has 0 bridgehead atoms. The Balaban J connectivity index is 1.95. The molecule has 0 radical (unpaired) electrons. The van der Waals surface area contributed by atoms with E-state index in [1.165, 1.54) is 5.56 Å². The molecule has 1 amide bonds. The van der Waals surface area contributed by atoms with Gasteiger partial charge < -0.3 is 15.2 Å². The number of ether oxygens (including phenoxy) is 1. The average Bonchev–Trinajstić information content (AvgIpc) is 2.64. The molecule has 1 aliphatic rings. The highest BCUT2D eigenvalue weighted by Gasteiger charge is 2.11. The van der Waals surface area contributed by atoms with Crippen LogP contribution in [0.25, 0.3) is 0 Å². The lowest BCUT2D eigenvalue weighted by molar-refractivity contribution is 0.194. The van der Waals surface area contributed by atoms with Gasteiger partial charge in [0.15, 0.2) is 0 Å². The topological polar surface area (TPSA) is 58.6 Å². The van der Waals surface area contributed by atoms with Gasteiger partial charge in [-0.1, -0.05) is 12.1 Å². The van der Waals surface area contributed by atoms with E-state index in [-0.39, 0.29) is 0 Å². The summed E-state index contributed by atoms with van der Waals surface area (Å²) in [6, 6.07) is 6.07. The molecule has 0 fully saturated rings. The van der Waals surface area contributed by atoms with Crippen molar-refractivity contribution < 1.29 is 14.6 Å². The molecule has 2 N–H and O–H groups in total. The number of hydrogen-bond acceptors (Lipinski definition) is 2. The van der Waals surface area contributed by atoms with Crippen LogP contribution in [0.4, 0.5) is 4.79 Å². The van der Waals surface area contributed by atoms with Gasteiger partial charge in [0.25, 0.3) is 0 Å². The molecule has 0 saturated carbocycles. The van der Waals surface area contributed by atoms with Gasteiger partial charge in [0.1, 0.15) is 5.75 Å². The summed E-state index contributed by atoms with van der Waals surface area (Å²) in [6.45, 7) is 1.19. The van der Waals surface area contributed by atoms with E-state index in [4.69, 9.17) is 9.84 Å². The molecular formula is C11H13NO3. The van der Waals surface area contributed by atoms with E-state index in [9.17, 15) is 4.79 Å². The van der Waals surface area contributed by atoms with Crippen LogP contribution in [0, 0.1) is 0 Å². The van der Waals surface area contributed by atoms with Crippen molar-refractivity contribution in [2.75, 3.05) is 13.2 Å². The van der Waals surface area contributed by atoms with E-state index in [0.29, 0.717) is 13.0 Å². The maximum absolute atomic E-state index is 10.2. The van der Waals surface area contributed by atoms with Crippen LogP contribution in [0.15, 0.2) is 18.2 Å². The Morgan fingerprint density at radius 3 is 3.20 bits per heavy atom. The van der Waals surface area contributed by atoms with Gasteiger partial charge >= 0.3 is 6.09 Å². The number of carbonyl (C=O) groups is 1. The summed E-state index contributed by atoms with van der Waals surface area (Å²) in [4.78, 5) is 10.2. The molecule has 4 heteroatoms. The molecule has 4 nitrogen and oxygen atoms in total. The van der Waals surface area contributed by atoms with Crippen molar-refractivity contribution in [1.29, 1.82) is 0 Å². The highest BCUT2D eigenvalue weighted by atomic mass is 16.5. The second kappa shape index (κ2) is 4.21. The van der Waals surface area contributed by atoms with E-state index in [1.807, 2.05) is 12.1 Å². The maximum Gasteiger partial charge on any atom is 0.404 e. The molecule has 15 heavy (non-hydrogen) atoms. The molecule has 2 rings (SSSR count). The standard InChI is InChI=1S/C11H13NO3/c13-11(14)12-5-3-8-1-2-9-4-6-15-10(9)7-8/h1-2,7,12H,3-6H2,(H,13,14). The van der Waals surface area contributed by atoms with E-state index >= 15 is 0 Å². The molecule has 0 saturated heterocycles. The number of hydrogen-bond donors (Lipinski definition) is 2. The number of fused-ring (bicyclic) bond motifs is 1. The van der Waals surface area contributed by atoms with Crippen molar-refractivity contribution in [1.82, 2.24) is 5.32 Å². The minimum Gasteiger partial charge on any atom is -0.493 e. The minimum absolute atomic E-state index is 0.439. The summed E-state index contributed by atoms with van der Waals surface area (Å²) in [5, 5.41) is 10.7. The predicted octanol–water partition coefficient (Wildman–Crippen LogP) is 1.43. The third kappa shape index (κ3) is 2.40. The van der Waals surface area contributed by atoms with E-state index in [1.54, 1.807) is 0 Å². The molecule has 0 aromatic heterocycles. The second-order valence-corrected chi connectivity index (χ2v) is 3.52. The highest BCUT2D eigenvalue weighted by molar-refractivity contribution is 5.64. The van der Waals surface area contributed by atoms with E-state index in [0.717, 1.165) is 24.3 Å². The average molecular weight is 207 g/mol. The number of benzene rings is 1. The summed E-state index contributed by atoms with van der Waals surface area (Å²) >= 11 is 0. The Kier molecular flexibility index (Phi) is 2.76. The van der Waals surface area contributed by atoms with Crippen LogP contribution in [-0.4, -0.2) is 24.4 Å².